The molecule has 0 aliphatic rings. The summed E-state index contributed by atoms with van der Waals surface area (Å²) in [6, 6.07) is 0. The van der Waals surface area contributed by atoms with Crippen LogP contribution in [0.3, 0.4) is 0 Å². The Morgan fingerprint density at radius 1 is 1.50 bits per heavy atom. The lowest BCUT2D eigenvalue weighted by atomic mass is 9.96. The third-order valence-corrected chi connectivity index (χ3v) is 0.822. The fourth-order valence-electron chi connectivity index (χ4n) is 0.481. The number of amides is 1. The number of aliphatic hydroxyl groups is 1. The number of carbonyl (C=O) groups is 1. The Bertz CT molecular complexity index is 165. The number of carbonyl (C=O) groups excluding carboxylic acids is 1. The first-order valence-corrected chi connectivity index (χ1v) is 3.04. The number of primary amides is 1. The van der Waals surface area contributed by atoms with Gasteiger partial charge in [0.15, 0.2) is 5.76 Å². The Morgan fingerprint density at radius 2 is 1.90 bits per heavy atom. The summed E-state index contributed by atoms with van der Waals surface area (Å²) in [6.45, 7) is 5.60. The van der Waals surface area contributed by atoms with E-state index in [1.165, 1.54) is 6.08 Å². The molecule has 0 aromatic rings. The van der Waals surface area contributed by atoms with Gasteiger partial charge >= 0.3 is 0 Å². The summed E-state index contributed by atoms with van der Waals surface area (Å²) in [5, 5.41) is 8.85. The molecule has 58 valence electrons. The Kier molecular flexibility index (Phi) is 2.46. The van der Waals surface area contributed by atoms with Gasteiger partial charge in [0.05, 0.1) is 0 Å². The average Bonchev–Trinajstić information content (AvgIpc) is 1.60. The van der Waals surface area contributed by atoms with Crippen molar-refractivity contribution < 1.29 is 9.90 Å². The fourth-order valence-corrected chi connectivity index (χ4v) is 0.481. The lowest BCUT2D eigenvalue weighted by Gasteiger charge is -2.11. The summed E-state index contributed by atoms with van der Waals surface area (Å²) in [5.41, 5.74) is 4.58. The van der Waals surface area contributed by atoms with Gasteiger partial charge < -0.3 is 10.8 Å². The van der Waals surface area contributed by atoms with Crippen LogP contribution in [0.2, 0.25) is 0 Å². The molecule has 0 aliphatic heterocycles. The third-order valence-electron chi connectivity index (χ3n) is 0.822. The first kappa shape index (κ1) is 9.01. The predicted octanol–water partition coefficient (Wildman–Crippen LogP) is 0.960. The molecular formula is C7H13NO2. The van der Waals surface area contributed by atoms with E-state index in [4.69, 9.17) is 10.8 Å². The van der Waals surface area contributed by atoms with E-state index in [1.807, 2.05) is 20.8 Å². The van der Waals surface area contributed by atoms with Crippen molar-refractivity contribution in [2.45, 2.75) is 20.8 Å². The molecule has 3 nitrogen and oxygen atoms in total. The molecule has 0 aliphatic carbocycles. The zero-order valence-electron chi connectivity index (χ0n) is 6.51. The van der Waals surface area contributed by atoms with Gasteiger partial charge in [0.25, 0.3) is 5.91 Å². The second kappa shape index (κ2) is 2.73. The lowest BCUT2D eigenvalue weighted by molar-refractivity contribution is -0.117. The first-order chi connectivity index (χ1) is 4.33. The molecule has 0 aromatic heterocycles. The van der Waals surface area contributed by atoms with E-state index in [1.54, 1.807) is 0 Å². The Labute approximate surface area is 60.5 Å². The van der Waals surface area contributed by atoms with Crippen molar-refractivity contribution in [2.24, 2.45) is 11.1 Å². The van der Waals surface area contributed by atoms with Gasteiger partial charge in [-0.05, 0) is 11.5 Å². The molecule has 0 spiro atoms. The van der Waals surface area contributed by atoms with Crippen LogP contribution in [0.25, 0.3) is 0 Å². The Hall–Kier alpha value is -0.990. The van der Waals surface area contributed by atoms with Crippen LogP contribution in [-0.2, 0) is 4.79 Å². The van der Waals surface area contributed by atoms with Crippen LogP contribution in [-0.4, -0.2) is 11.0 Å². The van der Waals surface area contributed by atoms with E-state index >= 15 is 0 Å². The quantitative estimate of drug-likeness (QED) is 0.424. The molecule has 1 amide bonds. The van der Waals surface area contributed by atoms with Crippen LogP contribution in [0.15, 0.2) is 11.8 Å². The summed E-state index contributed by atoms with van der Waals surface area (Å²) in [7, 11) is 0. The minimum Gasteiger partial charge on any atom is -0.503 e. The van der Waals surface area contributed by atoms with Gasteiger partial charge in [0.2, 0.25) is 0 Å². The second-order valence-electron chi connectivity index (χ2n) is 3.26. The zero-order chi connectivity index (χ0) is 8.36. The highest BCUT2D eigenvalue weighted by Gasteiger charge is 2.10. The van der Waals surface area contributed by atoms with Crippen molar-refractivity contribution in [2.75, 3.05) is 0 Å². The minimum absolute atomic E-state index is 0.209. The minimum atomic E-state index is -0.782. The van der Waals surface area contributed by atoms with Crippen molar-refractivity contribution in [1.29, 1.82) is 0 Å². The van der Waals surface area contributed by atoms with Crippen LogP contribution < -0.4 is 5.73 Å². The molecule has 0 aromatic carbocycles. The van der Waals surface area contributed by atoms with Gasteiger partial charge in [-0.15, -0.1) is 0 Å². The highest BCUT2D eigenvalue weighted by Crippen LogP contribution is 2.15. The molecule has 0 unspecified atom stereocenters. The molecule has 0 atom stereocenters. The SMILES string of the molecule is CC(C)(C)/C=C(\O)C(N)=O. The maximum Gasteiger partial charge on any atom is 0.283 e. The van der Waals surface area contributed by atoms with E-state index < -0.39 is 5.91 Å². The largest absolute Gasteiger partial charge is 0.503 e. The topological polar surface area (TPSA) is 63.3 Å². The maximum atomic E-state index is 10.3. The summed E-state index contributed by atoms with van der Waals surface area (Å²) in [6.07, 6.45) is 1.43. The van der Waals surface area contributed by atoms with Gasteiger partial charge in [0, 0.05) is 0 Å². The summed E-state index contributed by atoms with van der Waals surface area (Å²) in [5.74, 6) is -1.15. The molecular weight excluding hydrogens is 130 g/mol. The Balaban J connectivity index is 4.32. The predicted molar refractivity (Wildman–Crippen MR) is 39.4 cm³/mol. The molecule has 0 bridgehead atoms. The average molecular weight is 143 g/mol. The van der Waals surface area contributed by atoms with Crippen LogP contribution >= 0.6 is 0 Å². The number of aliphatic hydroxyl groups excluding tert-OH is 1. The normalized spacial score (nSPS) is 13.3. The van der Waals surface area contributed by atoms with Gasteiger partial charge in [-0.1, -0.05) is 20.8 Å². The van der Waals surface area contributed by atoms with Crippen molar-refractivity contribution in [1.82, 2.24) is 0 Å². The highest BCUT2D eigenvalue weighted by molar-refractivity contribution is 5.89. The smallest absolute Gasteiger partial charge is 0.283 e. The van der Waals surface area contributed by atoms with Gasteiger partial charge in [-0.25, -0.2) is 0 Å². The van der Waals surface area contributed by atoms with E-state index in [9.17, 15) is 4.79 Å². The van der Waals surface area contributed by atoms with Crippen molar-refractivity contribution in [3.8, 4) is 0 Å². The molecule has 0 radical (unpaired) electrons. The number of allylic oxidation sites excluding steroid dienone is 1. The lowest BCUT2D eigenvalue weighted by Crippen LogP contribution is -2.16. The summed E-state index contributed by atoms with van der Waals surface area (Å²) in [4.78, 5) is 10.3. The molecule has 0 rings (SSSR count). The zero-order valence-corrected chi connectivity index (χ0v) is 6.51. The molecule has 0 fully saturated rings. The van der Waals surface area contributed by atoms with Crippen LogP contribution in [0, 0.1) is 5.41 Å². The van der Waals surface area contributed by atoms with Gasteiger partial charge in [0.1, 0.15) is 0 Å². The molecule has 0 heterocycles. The molecule has 0 saturated carbocycles. The van der Waals surface area contributed by atoms with E-state index in [-0.39, 0.29) is 11.2 Å². The monoisotopic (exact) mass is 143 g/mol. The van der Waals surface area contributed by atoms with Crippen molar-refractivity contribution >= 4 is 5.91 Å². The molecule has 3 N–H and O–H groups in total. The van der Waals surface area contributed by atoms with E-state index in [0.717, 1.165) is 0 Å². The standard InChI is InChI=1S/C7H13NO2/c1-7(2,3)4-5(9)6(8)10/h4,9H,1-3H3,(H2,8,10)/b5-4-. The van der Waals surface area contributed by atoms with Crippen LogP contribution in [0.5, 0.6) is 0 Å². The molecule has 10 heavy (non-hydrogen) atoms. The van der Waals surface area contributed by atoms with Crippen LogP contribution in [0.1, 0.15) is 20.8 Å². The third kappa shape index (κ3) is 3.95. The number of nitrogens with two attached hydrogens (primary N) is 1. The first-order valence-electron chi connectivity index (χ1n) is 3.04. The van der Waals surface area contributed by atoms with Crippen LogP contribution in [0.4, 0.5) is 0 Å². The Morgan fingerprint density at radius 3 is 2.00 bits per heavy atom. The van der Waals surface area contributed by atoms with Gasteiger partial charge in [-0.2, -0.15) is 0 Å². The van der Waals surface area contributed by atoms with E-state index in [2.05, 4.69) is 0 Å². The second-order valence-corrected chi connectivity index (χ2v) is 3.26. The summed E-state index contributed by atoms with van der Waals surface area (Å²) >= 11 is 0. The molecule has 0 saturated heterocycles. The van der Waals surface area contributed by atoms with Gasteiger partial charge in [-0.3, -0.25) is 4.79 Å². The van der Waals surface area contributed by atoms with Crippen molar-refractivity contribution in [3.05, 3.63) is 11.8 Å². The highest BCUT2D eigenvalue weighted by atomic mass is 16.3. The van der Waals surface area contributed by atoms with E-state index in [0.29, 0.717) is 0 Å². The summed E-state index contributed by atoms with van der Waals surface area (Å²) < 4.78 is 0. The maximum absolute atomic E-state index is 10.3. The van der Waals surface area contributed by atoms with Crippen molar-refractivity contribution in [3.63, 3.8) is 0 Å². The number of hydrogen-bond acceptors (Lipinski definition) is 2. The fraction of sp³-hybridized carbons (Fsp3) is 0.571. The molecule has 3 heteroatoms. The number of rotatable bonds is 1. The number of hydrogen-bond donors (Lipinski definition) is 2.